The Hall–Kier alpha value is -3.10. The number of nitrogens with zero attached hydrogens (tertiary/aromatic N) is 1. The lowest BCUT2D eigenvalue weighted by Gasteiger charge is -2.31. The van der Waals surface area contributed by atoms with Gasteiger partial charge in [-0.25, -0.2) is 9.59 Å². The van der Waals surface area contributed by atoms with Gasteiger partial charge in [-0.3, -0.25) is 14.5 Å². The smallest absolute Gasteiger partial charge is 0.410 e. The Morgan fingerprint density at radius 1 is 1.24 bits per heavy atom. The molecule has 9 nitrogen and oxygen atoms in total. The van der Waals surface area contributed by atoms with E-state index in [1.807, 2.05) is 30.3 Å². The molecule has 2 N–H and O–H groups in total. The molecule has 3 fully saturated rings. The molecule has 3 amide bonds. The van der Waals surface area contributed by atoms with Crippen molar-refractivity contribution < 1.29 is 28.7 Å². The number of hydrogen-bond donors (Lipinski definition) is 2. The van der Waals surface area contributed by atoms with Gasteiger partial charge >= 0.3 is 12.1 Å². The van der Waals surface area contributed by atoms with Gasteiger partial charge in [0.1, 0.15) is 18.7 Å². The van der Waals surface area contributed by atoms with Crippen molar-refractivity contribution in [2.45, 2.75) is 51.8 Å². The summed E-state index contributed by atoms with van der Waals surface area (Å²) < 4.78 is 10.4. The molecule has 9 heteroatoms. The van der Waals surface area contributed by atoms with Crippen LogP contribution in [0, 0.1) is 23.2 Å². The average Bonchev–Trinajstić information content (AvgIpc) is 3.17. The van der Waals surface area contributed by atoms with Crippen LogP contribution in [0.4, 0.5) is 4.79 Å². The van der Waals surface area contributed by atoms with Gasteiger partial charge in [-0.2, -0.15) is 0 Å². The van der Waals surface area contributed by atoms with Gasteiger partial charge < -0.3 is 20.1 Å². The molecule has 1 aromatic rings. The van der Waals surface area contributed by atoms with Gasteiger partial charge in [-0.05, 0) is 42.1 Å². The van der Waals surface area contributed by atoms with Crippen LogP contribution in [0.1, 0.15) is 38.7 Å². The normalized spacial score (nSPS) is 27.7. The first-order valence-corrected chi connectivity index (χ1v) is 11.9. The number of methoxy groups -OCH3 is 1. The maximum atomic E-state index is 13.4. The van der Waals surface area contributed by atoms with Crippen LogP contribution in [0.5, 0.6) is 0 Å². The fourth-order valence-electron chi connectivity index (χ4n) is 5.53. The molecule has 0 radical (unpaired) electrons. The quantitative estimate of drug-likeness (QED) is 0.587. The summed E-state index contributed by atoms with van der Waals surface area (Å²) in [5.41, 5.74) is 0.778. The summed E-state index contributed by atoms with van der Waals surface area (Å²) in [7, 11) is 1.26. The van der Waals surface area contributed by atoms with Crippen molar-refractivity contribution in [3.63, 3.8) is 0 Å². The number of likely N-dealkylation sites (tertiary alicyclic amines) is 1. The molecule has 2 saturated heterocycles. The van der Waals surface area contributed by atoms with E-state index >= 15 is 0 Å². The number of hydrogen-bond acceptors (Lipinski definition) is 6. The number of piperidine rings is 2. The fourth-order valence-corrected chi connectivity index (χ4v) is 5.53. The third-order valence-electron chi connectivity index (χ3n) is 7.64. The molecule has 0 aromatic heterocycles. The van der Waals surface area contributed by atoms with E-state index < -0.39 is 30.1 Å². The minimum atomic E-state index is -0.963. The van der Waals surface area contributed by atoms with Gasteiger partial charge in [0.25, 0.3) is 0 Å². The molecular formula is C25H33N3O6. The zero-order valence-corrected chi connectivity index (χ0v) is 19.9. The van der Waals surface area contributed by atoms with Crippen molar-refractivity contribution >= 4 is 23.9 Å². The molecule has 0 bridgehead atoms. The Labute approximate surface area is 199 Å². The van der Waals surface area contributed by atoms with Crippen LogP contribution in [0.2, 0.25) is 0 Å². The third kappa shape index (κ3) is 4.74. The summed E-state index contributed by atoms with van der Waals surface area (Å²) in [6.45, 7) is 5.33. The predicted octanol–water partition coefficient (Wildman–Crippen LogP) is 1.85. The first-order valence-electron chi connectivity index (χ1n) is 11.9. The van der Waals surface area contributed by atoms with Crippen LogP contribution in [0.25, 0.3) is 0 Å². The zero-order valence-electron chi connectivity index (χ0n) is 19.9. The highest BCUT2D eigenvalue weighted by Gasteiger charge is 2.69. The molecule has 0 spiro atoms. The van der Waals surface area contributed by atoms with E-state index in [1.54, 1.807) is 0 Å². The maximum absolute atomic E-state index is 13.4. The molecule has 4 rings (SSSR count). The number of amides is 3. The zero-order chi connectivity index (χ0) is 24.5. The molecule has 5 atom stereocenters. The van der Waals surface area contributed by atoms with Gasteiger partial charge in [-0.1, -0.05) is 44.2 Å². The van der Waals surface area contributed by atoms with E-state index in [9.17, 15) is 19.2 Å². The number of rotatable bonds is 7. The van der Waals surface area contributed by atoms with Gasteiger partial charge in [-0.15, -0.1) is 0 Å². The molecule has 0 unspecified atom stereocenters. The van der Waals surface area contributed by atoms with E-state index in [4.69, 9.17) is 9.47 Å². The summed E-state index contributed by atoms with van der Waals surface area (Å²) in [5.74, 6) is -1.35. The van der Waals surface area contributed by atoms with Crippen LogP contribution < -0.4 is 10.6 Å². The van der Waals surface area contributed by atoms with Crippen LogP contribution in [-0.4, -0.2) is 61.1 Å². The Balaban J connectivity index is 1.45. The number of benzene rings is 1. The highest BCUT2D eigenvalue weighted by atomic mass is 16.6. The Morgan fingerprint density at radius 3 is 2.65 bits per heavy atom. The van der Waals surface area contributed by atoms with Gasteiger partial charge in [0.05, 0.1) is 7.11 Å². The summed E-state index contributed by atoms with van der Waals surface area (Å²) in [4.78, 5) is 52.5. The number of nitrogens with one attached hydrogen (secondary N) is 2. The van der Waals surface area contributed by atoms with Crippen molar-refractivity contribution in [2.24, 2.45) is 23.2 Å². The Bertz CT molecular complexity index is 949. The van der Waals surface area contributed by atoms with Gasteiger partial charge in [0.15, 0.2) is 0 Å². The van der Waals surface area contributed by atoms with Gasteiger partial charge in [0, 0.05) is 19.0 Å². The fraction of sp³-hybridized carbons (Fsp3) is 0.600. The average molecular weight is 472 g/mol. The van der Waals surface area contributed by atoms with Gasteiger partial charge in [0.2, 0.25) is 11.8 Å². The molecule has 2 heterocycles. The lowest BCUT2D eigenvalue weighted by atomic mass is 9.91. The third-order valence-corrected chi connectivity index (χ3v) is 7.64. The molecule has 2 aliphatic heterocycles. The Kier molecular flexibility index (Phi) is 6.81. The SMILES string of the molecule is COC(=O)[C@H](C[C@@H]1CCCNC1=O)NC(=O)[C@@H]1[C@@H]2[C@H](CN1C(=O)OCc1ccccc1)C2(C)C. The highest BCUT2D eigenvalue weighted by Crippen LogP contribution is 2.64. The van der Waals surface area contributed by atoms with Crippen molar-refractivity contribution in [1.29, 1.82) is 0 Å². The predicted molar refractivity (Wildman–Crippen MR) is 122 cm³/mol. The molecule has 3 aliphatic rings. The molecule has 184 valence electrons. The lowest BCUT2D eigenvalue weighted by Crippen LogP contribution is -2.54. The number of fused-ring (bicyclic) bond motifs is 1. The number of ether oxygens (including phenoxy) is 2. The van der Waals surface area contributed by atoms with Crippen LogP contribution in [-0.2, 0) is 30.5 Å². The first-order chi connectivity index (χ1) is 16.2. The van der Waals surface area contributed by atoms with E-state index in [0.717, 1.165) is 12.0 Å². The second-order valence-corrected chi connectivity index (χ2v) is 10.0. The van der Waals surface area contributed by atoms with E-state index in [0.29, 0.717) is 19.5 Å². The molecular weight excluding hydrogens is 438 g/mol. The van der Waals surface area contributed by atoms with E-state index in [1.165, 1.54) is 12.0 Å². The molecule has 1 aromatic carbocycles. The van der Waals surface area contributed by atoms with Crippen LogP contribution in [0.15, 0.2) is 30.3 Å². The van der Waals surface area contributed by atoms with E-state index in [-0.39, 0.29) is 42.1 Å². The van der Waals surface area contributed by atoms with Crippen molar-refractivity contribution in [1.82, 2.24) is 15.5 Å². The number of carbonyl (C=O) groups is 4. The standard InChI is InChI=1S/C25H33N3O6/c1-25(2)17-13-28(24(32)34-14-15-8-5-4-6-9-15)20(19(17)25)22(30)27-18(23(31)33-3)12-16-10-7-11-26-21(16)29/h4-6,8-9,16-20H,7,10-14H2,1-3H3,(H,26,29)(H,27,30)/t16-,17-,18-,19-,20-/m0/s1. The van der Waals surface area contributed by atoms with Crippen LogP contribution in [0.3, 0.4) is 0 Å². The molecule has 34 heavy (non-hydrogen) atoms. The number of carbonyl (C=O) groups excluding carboxylic acids is 4. The topological polar surface area (TPSA) is 114 Å². The summed E-state index contributed by atoms with van der Waals surface area (Å²) in [6, 6.07) is 7.65. The van der Waals surface area contributed by atoms with Crippen molar-refractivity contribution in [3.8, 4) is 0 Å². The monoisotopic (exact) mass is 471 g/mol. The first kappa shape index (κ1) is 24.0. The number of esters is 1. The summed E-state index contributed by atoms with van der Waals surface area (Å²) in [5, 5.41) is 5.59. The maximum Gasteiger partial charge on any atom is 0.410 e. The summed E-state index contributed by atoms with van der Waals surface area (Å²) in [6.07, 6.45) is 1.08. The van der Waals surface area contributed by atoms with E-state index in [2.05, 4.69) is 24.5 Å². The lowest BCUT2D eigenvalue weighted by molar-refractivity contribution is -0.146. The second kappa shape index (κ2) is 9.64. The van der Waals surface area contributed by atoms with Crippen molar-refractivity contribution in [3.05, 3.63) is 35.9 Å². The minimum absolute atomic E-state index is 0.0203. The van der Waals surface area contributed by atoms with Crippen molar-refractivity contribution in [2.75, 3.05) is 20.2 Å². The Morgan fingerprint density at radius 2 is 1.97 bits per heavy atom. The second-order valence-electron chi connectivity index (χ2n) is 10.0. The highest BCUT2D eigenvalue weighted by molar-refractivity contribution is 5.91. The van der Waals surface area contributed by atoms with Crippen LogP contribution >= 0.6 is 0 Å². The molecule has 1 aliphatic carbocycles. The summed E-state index contributed by atoms with van der Waals surface area (Å²) >= 11 is 0. The largest absolute Gasteiger partial charge is 0.467 e. The minimum Gasteiger partial charge on any atom is -0.467 e. The molecule has 1 saturated carbocycles.